The summed E-state index contributed by atoms with van der Waals surface area (Å²) in [6.07, 6.45) is 0.244. The minimum atomic E-state index is -0.638. The Kier molecular flexibility index (Phi) is 7.87. The third kappa shape index (κ3) is 7.07. The molecule has 0 saturated carbocycles. The highest BCUT2D eigenvalue weighted by atomic mass is 32.1. The summed E-state index contributed by atoms with van der Waals surface area (Å²) in [6, 6.07) is 7.45. The molecule has 1 aromatic carbocycles. The van der Waals surface area contributed by atoms with Crippen LogP contribution in [0.25, 0.3) is 0 Å². The lowest BCUT2D eigenvalue weighted by Gasteiger charge is -2.12. The third-order valence-electron chi connectivity index (χ3n) is 3.70. The van der Waals surface area contributed by atoms with Crippen molar-refractivity contribution in [1.29, 1.82) is 0 Å². The second-order valence-corrected chi connectivity index (χ2v) is 7.69. The smallest absolute Gasteiger partial charge is 0.335 e. The van der Waals surface area contributed by atoms with Gasteiger partial charge in [0.05, 0.1) is 0 Å². The van der Waals surface area contributed by atoms with E-state index in [1.54, 1.807) is 6.92 Å². The van der Waals surface area contributed by atoms with Gasteiger partial charge in [-0.25, -0.2) is 4.79 Å². The molecule has 0 spiro atoms. The maximum Gasteiger partial charge on any atom is 0.335 e. The molecule has 8 heteroatoms. The van der Waals surface area contributed by atoms with Crippen molar-refractivity contribution in [2.45, 2.75) is 46.8 Å². The number of nitrogens with zero attached hydrogens (tertiary/aromatic N) is 2. The number of carbonyl (C=O) groups is 2. The number of hydrogen-bond donors (Lipinski definition) is 1. The number of ether oxygens (including phenoxy) is 2. The minimum Gasteiger partial charge on any atom is -0.456 e. The van der Waals surface area contributed by atoms with Crippen molar-refractivity contribution in [2.75, 3.05) is 11.9 Å². The Morgan fingerprint density at radius 3 is 2.52 bits per heavy atom. The van der Waals surface area contributed by atoms with Crippen molar-refractivity contribution in [3.63, 3.8) is 0 Å². The number of rotatable bonds is 9. The van der Waals surface area contributed by atoms with E-state index in [-0.39, 0.29) is 17.5 Å². The van der Waals surface area contributed by atoms with Crippen LogP contribution < -0.4 is 5.32 Å². The summed E-state index contributed by atoms with van der Waals surface area (Å²) in [6.45, 7) is 8.29. The van der Waals surface area contributed by atoms with E-state index in [0.717, 1.165) is 23.3 Å². The predicted molar refractivity (Wildman–Crippen MR) is 104 cm³/mol. The first-order valence-electron chi connectivity index (χ1n) is 8.83. The van der Waals surface area contributed by atoms with E-state index in [1.807, 2.05) is 31.2 Å². The van der Waals surface area contributed by atoms with E-state index in [2.05, 4.69) is 29.4 Å². The molecule has 1 atom stereocenters. The average Bonchev–Trinajstić information content (AvgIpc) is 3.10. The highest BCUT2D eigenvalue weighted by molar-refractivity contribution is 7.13. The molecule has 0 radical (unpaired) electrons. The number of amides is 1. The van der Waals surface area contributed by atoms with Crippen LogP contribution in [0.3, 0.4) is 0 Å². The Balaban J connectivity index is 1.80. The van der Waals surface area contributed by atoms with Gasteiger partial charge in [0, 0.05) is 12.3 Å². The molecule has 2 rings (SSSR count). The molecule has 7 nitrogen and oxygen atoms in total. The molecule has 27 heavy (non-hydrogen) atoms. The fourth-order valence-electron chi connectivity index (χ4n) is 2.02. The third-order valence-corrected chi connectivity index (χ3v) is 4.60. The Bertz CT molecular complexity index is 759. The second kappa shape index (κ2) is 10.1. The molecule has 1 N–H and O–H groups in total. The molecule has 1 amide bonds. The van der Waals surface area contributed by atoms with Crippen LogP contribution in [0.2, 0.25) is 0 Å². The van der Waals surface area contributed by atoms with E-state index in [9.17, 15) is 9.59 Å². The lowest BCUT2D eigenvalue weighted by molar-refractivity contribution is -0.157. The molecule has 0 aliphatic carbocycles. The lowest BCUT2D eigenvalue weighted by Crippen LogP contribution is -2.24. The summed E-state index contributed by atoms with van der Waals surface area (Å²) in [7, 11) is 0. The van der Waals surface area contributed by atoms with Crippen molar-refractivity contribution >= 4 is 28.9 Å². The average molecular weight is 391 g/mol. The molecule has 0 aliphatic rings. The van der Waals surface area contributed by atoms with Crippen LogP contribution in [0, 0.1) is 12.8 Å². The van der Waals surface area contributed by atoms with Gasteiger partial charge in [-0.05, 0) is 38.3 Å². The first kappa shape index (κ1) is 21.0. The van der Waals surface area contributed by atoms with Crippen LogP contribution in [0.4, 0.5) is 5.69 Å². The van der Waals surface area contributed by atoms with Crippen molar-refractivity contribution in [1.82, 2.24) is 10.2 Å². The normalized spacial score (nSPS) is 12.0. The van der Waals surface area contributed by atoms with Gasteiger partial charge in [-0.1, -0.05) is 42.9 Å². The van der Waals surface area contributed by atoms with Gasteiger partial charge in [0.1, 0.15) is 6.61 Å². The van der Waals surface area contributed by atoms with Crippen LogP contribution in [0.5, 0.6) is 0 Å². The number of nitrogens with one attached hydrogen (secondary N) is 1. The Labute approximate surface area is 163 Å². The van der Waals surface area contributed by atoms with Crippen LogP contribution in [-0.4, -0.2) is 34.8 Å². The fraction of sp³-hybridized carbons (Fsp3) is 0.474. The summed E-state index contributed by atoms with van der Waals surface area (Å²) < 4.78 is 10.6. The largest absolute Gasteiger partial charge is 0.456 e. The number of hydrogen-bond acceptors (Lipinski definition) is 7. The number of benzene rings is 1. The van der Waals surface area contributed by atoms with Gasteiger partial charge in [-0.2, -0.15) is 0 Å². The number of aromatic nitrogens is 2. The highest BCUT2D eigenvalue weighted by Crippen LogP contribution is 2.15. The zero-order chi connectivity index (χ0) is 19.8. The molecule has 0 aliphatic heterocycles. The molecule has 0 saturated heterocycles. The molecule has 1 unspecified atom stereocenters. The van der Waals surface area contributed by atoms with Gasteiger partial charge in [-0.15, -0.1) is 10.2 Å². The van der Waals surface area contributed by atoms with E-state index in [1.165, 1.54) is 0 Å². The van der Waals surface area contributed by atoms with E-state index < -0.39 is 12.1 Å². The van der Waals surface area contributed by atoms with E-state index in [0.29, 0.717) is 23.2 Å². The Hall–Kier alpha value is -2.32. The monoisotopic (exact) mass is 391 g/mol. The number of carbonyl (C=O) groups excluding carboxylic acids is 2. The lowest BCUT2D eigenvalue weighted by atomic mass is 10.1. The molecule has 0 bridgehead atoms. The Morgan fingerprint density at radius 2 is 1.85 bits per heavy atom. The first-order chi connectivity index (χ1) is 12.8. The van der Waals surface area contributed by atoms with Crippen molar-refractivity contribution in [3.05, 3.63) is 39.8 Å². The van der Waals surface area contributed by atoms with Crippen LogP contribution in [0.15, 0.2) is 24.3 Å². The van der Waals surface area contributed by atoms with Crippen molar-refractivity contribution in [3.8, 4) is 0 Å². The van der Waals surface area contributed by atoms with Crippen LogP contribution in [0.1, 0.15) is 47.6 Å². The molecular formula is C19H25N3O4S. The first-order valence-corrected chi connectivity index (χ1v) is 9.65. The summed E-state index contributed by atoms with van der Waals surface area (Å²) in [5.41, 5.74) is 1.79. The van der Waals surface area contributed by atoms with Gasteiger partial charge in [0.2, 0.25) is 5.01 Å². The maximum absolute atomic E-state index is 12.2. The molecule has 2 aromatic rings. The van der Waals surface area contributed by atoms with Gasteiger partial charge in [-0.3, -0.25) is 4.79 Å². The summed E-state index contributed by atoms with van der Waals surface area (Å²) in [5, 5.41) is 11.2. The standard InChI is InChI=1S/C19H25N3O4S/c1-12(2)9-10-25-14(4)19(24)26-11-16-21-22-18(27-16)17(23)20-15-7-5-13(3)6-8-15/h5-8,12,14H,9-11H2,1-4H3,(H,20,23). The van der Waals surface area contributed by atoms with Crippen molar-refractivity contribution in [2.24, 2.45) is 5.92 Å². The fourth-order valence-corrected chi connectivity index (χ4v) is 2.67. The van der Waals surface area contributed by atoms with Gasteiger partial charge >= 0.3 is 5.97 Å². The van der Waals surface area contributed by atoms with Gasteiger partial charge < -0.3 is 14.8 Å². The molecular weight excluding hydrogens is 366 g/mol. The quantitative estimate of drug-likeness (QED) is 0.657. The van der Waals surface area contributed by atoms with Gasteiger partial charge in [0.15, 0.2) is 11.1 Å². The zero-order valence-electron chi connectivity index (χ0n) is 16.0. The topological polar surface area (TPSA) is 90.4 Å². The summed E-state index contributed by atoms with van der Waals surface area (Å²) >= 11 is 1.09. The highest BCUT2D eigenvalue weighted by Gasteiger charge is 2.18. The van der Waals surface area contributed by atoms with E-state index in [4.69, 9.17) is 9.47 Å². The second-order valence-electron chi connectivity index (χ2n) is 6.62. The molecule has 146 valence electrons. The minimum absolute atomic E-state index is 0.0355. The summed E-state index contributed by atoms with van der Waals surface area (Å²) in [4.78, 5) is 24.1. The zero-order valence-corrected chi connectivity index (χ0v) is 16.8. The summed E-state index contributed by atoms with van der Waals surface area (Å²) in [5.74, 6) is -0.294. The number of esters is 1. The van der Waals surface area contributed by atoms with Crippen LogP contribution >= 0.6 is 11.3 Å². The molecule has 0 fully saturated rings. The maximum atomic E-state index is 12.2. The van der Waals surface area contributed by atoms with Crippen molar-refractivity contribution < 1.29 is 19.1 Å². The molecule has 1 heterocycles. The Morgan fingerprint density at radius 1 is 1.15 bits per heavy atom. The van der Waals surface area contributed by atoms with E-state index >= 15 is 0 Å². The number of anilines is 1. The number of aryl methyl sites for hydroxylation is 1. The predicted octanol–water partition coefficient (Wildman–Crippen LogP) is 3.59. The molecule has 1 aromatic heterocycles. The van der Waals surface area contributed by atoms with Gasteiger partial charge in [0.25, 0.3) is 5.91 Å². The van der Waals surface area contributed by atoms with Crippen LogP contribution in [-0.2, 0) is 20.9 Å². The SMILES string of the molecule is Cc1ccc(NC(=O)c2nnc(COC(=O)C(C)OCCC(C)C)s2)cc1.